The summed E-state index contributed by atoms with van der Waals surface area (Å²) in [5.74, 6) is 1.75. The van der Waals surface area contributed by atoms with Gasteiger partial charge in [0.05, 0.1) is 11.7 Å². The van der Waals surface area contributed by atoms with Crippen LogP contribution < -0.4 is 10.2 Å². The maximum atomic E-state index is 13.4. The maximum absolute atomic E-state index is 13.4. The maximum Gasteiger partial charge on any atom is 0.431 e. The van der Waals surface area contributed by atoms with Crippen LogP contribution in [0.1, 0.15) is 55.7 Å². The van der Waals surface area contributed by atoms with Crippen LogP contribution in [0, 0.1) is 0 Å². The van der Waals surface area contributed by atoms with Crippen LogP contribution in [-0.4, -0.2) is 50.1 Å². The van der Waals surface area contributed by atoms with Crippen LogP contribution in [0.25, 0.3) is 33.3 Å². The molecule has 10 heteroatoms. The number of H-pyrrole nitrogens is 1. The molecule has 0 bridgehead atoms. The molecule has 1 aliphatic carbocycles. The van der Waals surface area contributed by atoms with Crippen molar-refractivity contribution in [3.8, 4) is 11.4 Å². The molecular weight excluding hydrogens is 467 g/mol. The van der Waals surface area contributed by atoms with E-state index in [4.69, 9.17) is 9.97 Å². The van der Waals surface area contributed by atoms with Gasteiger partial charge in [-0.2, -0.15) is 13.2 Å². The lowest BCUT2D eigenvalue weighted by Crippen LogP contribution is -2.57. The van der Waals surface area contributed by atoms with Crippen LogP contribution in [-0.2, 0) is 6.18 Å². The Hall–Kier alpha value is -3.27. The van der Waals surface area contributed by atoms with Gasteiger partial charge in [-0.25, -0.2) is 15.0 Å². The summed E-state index contributed by atoms with van der Waals surface area (Å²) in [6, 6.07) is 3.55. The van der Waals surface area contributed by atoms with Gasteiger partial charge in [0.25, 0.3) is 0 Å². The first-order valence-electron chi connectivity index (χ1n) is 12.7. The number of halogens is 3. The lowest BCUT2D eigenvalue weighted by atomic mass is 9.89. The third-order valence-corrected chi connectivity index (χ3v) is 7.85. The molecule has 2 unspecified atom stereocenters. The highest BCUT2D eigenvalue weighted by Crippen LogP contribution is 2.46. The molecule has 2 atom stereocenters. The standard InChI is InChI=1S/C26H26F3N7/c27-26(28,29)21-11-16-15(7-9-32-23(16)34-21)24-33-19-13-30-12-17(14-5-6-14)22(19)25(35-24)36-10-2-3-18-20(36)4-1-8-31-18/h7,9,11-14,18,20,31H,1-6,8,10H2,(H,32,34). The number of nitrogens with one attached hydrogen (secondary N) is 2. The quantitative estimate of drug-likeness (QED) is 0.409. The molecule has 7 nitrogen and oxygen atoms in total. The van der Waals surface area contributed by atoms with Gasteiger partial charge in [-0.1, -0.05) is 0 Å². The van der Waals surface area contributed by atoms with Gasteiger partial charge in [0.2, 0.25) is 0 Å². The molecule has 0 spiro atoms. The van der Waals surface area contributed by atoms with Crippen molar-refractivity contribution >= 4 is 27.8 Å². The molecule has 2 saturated heterocycles. The first-order chi connectivity index (χ1) is 17.5. The zero-order chi connectivity index (χ0) is 24.4. The molecule has 36 heavy (non-hydrogen) atoms. The van der Waals surface area contributed by atoms with Crippen molar-refractivity contribution in [1.29, 1.82) is 0 Å². The highest BCUT2D eigenvalue weighted by Gasteiger charge is 2.37. The Kier molecular flexibility index (Phi) is 4.96. The first kappa shape index (κ1) is 22.0. The predicted molar refractivity (Wildman–Crippen MR) is 131 cm³/mol. The van der Waals surface area contributed by atoms with E-state index >= 15 is 0 Å². The van der Waals surface area contributed by atoms with Crippen molar-refractivity contribution in [3.63, 3.8) is 0 Å². The number of alkyl halides is 3. The third-order valence-electron chi connectivity index (χ3n) is 7.85. The van der Waals surface area contributed by atoms with Crippen LogP contribution in [0.4, 0.5) is 19.0 Å². The van der Waals surface area contributed by atoms with Crippen LogP contribution in [0.15, 0.2) is 30.7 Å². The van der Waals surface area contributed by atoms with E-state index in [1.54, 1.807) is 12.3 Å². The minimum atomic E-state index is -4.49. The van der Waals surface area contributed by atoms with Gasteiger partial charge in [-0.3, -0.25) is 4.98 Å². The summed E-state index contributed by atoms with van der Waals surface area (Å²) < 4.78 is 40.3. The second-order valence-electron chi connectivity index (χ2n) is 10.2. The smallest absolute Gasteiger partial charge is 0.351 e. The van der Waals surface area contributed by atoms with E-state index in [1.165, 1.54) is 11.8 Å². The van der Waals surface area contributed by atoms with Gasteiger partial charge in [0, 0.05) is 47.4 Å². The Labute approximate surface area is 205 Å². The zero-order valence-corrected chi connectivity index (χ0v) is 19.6. The van der Waals surface area contributed by atoms with Crippen molar-refractivity contribution in [1.82, 2.24) is 30.2 Å². The molecule has 2 N–H and O–H groups in total. The molecule has 6 heterocycles. The normalized spacial score (nSPS) is 22.8. The molecule has 0 radical (unpaired) electrons. The summed E-state index contributed by atoms with van der Waals surface area (Å²) in [6.07, 6.45) is 7.37. The second kappa shape index (κ2) is 8.12. The number of nitrogens with zero attached hydrogens (tertiary/aromatic N) is 5. The fraction of sp³-hybridized carbons (Fsp3) is 0.462. The molecule has 2 aliphatic heterocycles. The summed E-state index contributed by atoms with van der Waals surface area (Å²) in [7, 11) is 0. The highest BCUT2D eigenvalue weighted by atomic mass is 19.4. The number of fused-ring (bicyclic) bond motifs is 3. The number of aromatic nitrogens is 5. The molecule has 4 aromatic rings. The van der Waals surface area contributed by atoms with E-state index in [2.05, 4.69) is 25.2 Å². The zero-order valence-electron chi connectivity index (χ0n) is 19.6. The van der Waals surface area contributed by atoms with E-state index in [0.29, 0.717) is 34.8 Å². The van der Waals surface area contributed by atoms with Gasteiger partial charge >= 0.3 is 6.18 Å². The number of aromatic amines is 1. The van der Waals surface area contributed by atoms with Crippen molar-refractivity contribution in [2.24, 2.45) is 0 Å². The summed E-state index contributed by atoms with van der Waals surface area (Å²) in [6.45, 7) is 1.93. The summed E-state index contributed by atoms with van der Waals surface area (Å²) in [4.78, 5) is 23.4. The van der Waals surface area contributed by atoms with Crippen molar-refractivity contribution in [2.75, 3.05) is 18.0 Å². The van der Waals surface area contributed by atoms with E-state index in [1.807, 2.05) is 6.20 Å². The van der Waals surface area contributed by atoms with Gasteiger partial charge in [0.1, 0.15) is 17.2 Å². The number of anilines is 1. The average Bonchev–Trinajstić information content (AvgIpc) is 3.63. The molecule has 7 rings (SSSR count). The van der Waals surface area contributed by atoms with E-state index in [-0.39, 0.29) is 5.65 Å². The molecule has 3 aliphatic rings. The fourth-order valence-corrected chi connectivity index (χ4v) is 6.01. The summed E-state index contributed by atoms with van der Waals surface area (Å²) >= 11 is 0. The number of pyridine rings is 2. The van der Waals surface area contributed by atoms with Crippen LogP contribution in [0.3, 0.4) is 0 Å². The minimum absolute atomic E-state index is 0.171. The van der Waals surface area contributed by atoms with Crippen LogP contribution >= 0.6 is 0 Å². The number of hydrogen-bond donors (Lipinski definition) is 2. The van der Waals surface area contributed by atoms with Crippen molar-refractivity contribution in [2.45, 2.75) is 62.7 Å². The largest absolute Gasteiger partial charge is 0.431 e. The summed E-state index contributed by atoms with van der Waals surface area (Å²) in [5, 5.41) is 5.09. The minimum Gasteiger partial charge on any atom is -0.351 e. The number of rotatable bonds is 3. The van der Waals surface area contributed by atoms with Crippen molar-refractivity contribution < 1.29 is 13.2 Å². The van der Waals surface area contributed by atoms with E-state index < -0.39 is 11.9 Å². The van der Waals surface area contributed by atoms with E-state index in [9.17, 15) is 13.2 Å². The molecule has 0 amide bonds. The van der Waals surface area contributed by atoms with Gasteiger partial charge in [-0.15, -0.1) is 0 Å². The Bertz CT molecular complexity index is 1460. The fourth-order valence-electron chi connectivity index (χ4n) is 6.01. The first-order valence-corrected chi connectivity index (χ1v) is 12.7. The number of hydrogen-bond acceptors (Lipinski definition) is 6. The molecule has 1 saturated carbocycles. The Morgan fingerprint density at radius 1 is 1.03 bits per heavy atom. The molecule has 186 valence electrons. The lowest BCUT2D eigenvalue weighted by Gasteiger charge is -2.45. The highest BCUT2D eigenvalue weighted by molar-refractivity contribution is 5.97. The topological polar surface area (TPSA) is 82.6 Å². The molecule has 4 aromatic heterocycles. The Balaban J connectivity index is 1.45. The lowest BCUT2D eigenvalue weighted by molar-refractivity contribution is -0.140. The molecular formula is C26H26F3N7. The predicted octanol–water partition coefficient (Wildman–Crippen LogP) is 5.19. The van der Waals surface area contributed by atoms with Gasteiger partial charge < -0.3 is 15.2 Å². The molecule has 0 aromatic carbocycles. The molecule has 3 fully saturated rings. The van der Waals surface area contributed by atoms with Gasteiger partial charge in [0.15, 0.2) is 5.82 Å². The Morgan fingerprint density at radius 2 is 1.92 bits per heavy atom. The average molecular weight is 494 g/mol. The van der Waals surface area contributed by atoms with Crippen LogP contribution in [0.2, 0.25) is 0 Å². The monoisotopic (exact) mass is 493 g/mol. The number of piperidine rings is 2. The second-order valence-corrected chi connectivity index (χ2v) is 10.2. The third kappa shape index (κ3) is 3.61. The van der Waals surface area contributed by atoms with Crippen molar-refractivity contribution in [3.05, 3.63) is 42.0 Å². The summed E-state index contributed by atoms with van der Waals surface area (Å²) in [5.41, 5.74) is 1.79. The van der Waals surface area contributed by atoms with Crippen LogP contribution in [0.5, 0.6) is 0 Å². The van der Waals surface area contributed by atoms with Gasteiger partial charge in [-0.05, 0) is 68.7 Å². The van der Waals surface area contributed by atoms with E-state index in [0.717, 1.165) is 74.4 Å². The SMILES string of the molecule is FC(F)(F)c1cc2c(-c3nc(N4CCCC5NCCCC54)c4c(C5CC5)cncc4n3)ccnc2[nH]1. The Morgan fingerprint density at radius 3 is 2.75 bits per heavy atom.